The number of carbonyl (C=O) groups is 3. The zero-order chi connectivity index (χ0) is 30.7. The number of likely N-dealkylation sites (N-methyl/N-ethyl adjacent to an activating group) is 1. The van der Waals surface area contributed by atoms with E-state index in [2.05, 4.69) is 10.3 Å². The average Bonchev–Trinajstić information content (AvgIpc) is 3.56. The Morgan fingerprint density at radius 3 is 2.57 bits per heavy atom. The summed E-state index contributed by atoms with van der Waals surface area (Å²) < 4.78 is 7.73. The lowest BCUT2D eigenvalue weighted by Crippen LogP contribution is -2.37. The Labute approximate surface area is 275 Å². The lowest BCUT2D eigenvalue weighted by atomic mass is 10.2. The Balaban J connectivity index is 0.00000442. The van der Waals surface area contributed by atoms with Gasteiger partial charge in [0.2, 0.25) is 17.7 Å². The zero-order valence-corrected chi connectivity index (χ0v) is 26.9. The number of carbonyl (C=O) groups excluding carboxylic acids is 3. The van der Waals surface area contributed by atoms with Crippen LogP contribution in [0.2, 0.25) is 15.2 Å². The van der Waals surface area contributed by atoms with Gasteiger partial charge < -0.3 is 19.9 Å². The van der Waals surface area contributed by atoms with Gasteiger partial charge in [-0.05, 0) is 61.4 Å². The molecule has 1 fully saturated rings. The van der Waals surface area contributed by atoms with Crippen molar-refractivity contribution in [2.45, 2.75) is 26.4 Å². The lowest BCUT2D eigenvalue weighted by Gasteiger charge is -2.21. The molecule has 2 aromatic heterocycles. The van der Waals surface area contributed by atoms with Crippen molar-refractivity contribution < 1.29 is 19.1 Å². The zero-order valence-electron chi connectivity index (χ0n) is 23.9. The molecule has 0 unspecified atom stereocenters. The smallest absolute Gasteiger partial charge is 0.246 e. The Morgan fingerprint density at radius 1 is 1.11 bits per heavy atom. The highest BCUT2D eigenvalue weighted by atomic mass is 35.5. The molecule has 0 spiro atoms. The van der Waals surface area contributed by atoms with Gasteiger partial charge in [-0.25, -0.2) is 4.98 Å². The number of hydrogen-bond acceptors (Lipinski definition) is 5. The van der Waals surface area contributed by atoms with E-state index in [1.165, 1.54) is 11.0 Å². The van der Waals surface area contributed by atoms with Crippen molar-refractivity contribution in [1.82, 2.24) is 14.7 Å². The van der Waals surface area contributed by atoms with Crippen LogP contribution in [-0.2, 0) is 21.0 Å². The number of pyridine rings is 1. The van der Waals surface area contributed by atoms with Gasteiger partial charge in [-0.15, -0.1) is 12.4 Å². The first-order valence-corrected chi connectivity index (χ1v) is 14.6. The van der Waals surface area contributed by atoms with Crippen LogP contribution in [0.15, 0.2) is 60.8 Å². The molecule has 0 saturated carbocycles. The van der Waals surface area contributed by atoms with E-state index in [0.717, 1.165) is 17.7 Å². The minimum Gasteiger partial charge on any atom is -0.485 e. The third-order valence-electron chi connectivity index (χ3n) is 7.11. The van der Waals surface area contributed by atoms with Crippen LogP contribution < -0.4 is 19.9 Å². The topological polar surface area (TPSA) is 96.2 Å². The van der Waals surface area contributed by atoms with Crippen LogP contribution in [0.5, 0.6) is 5.75 Å². The van der Waals surface area contributed by atoms with Gasteiger partial charge >= 0.3 is 0 Å². The summed E-state index contributed by atoms with van der Waals surface area (Å²) >= 11 is 19.4. The van der Waals surface area contributed by atoms with Crippen LogP contribution in [0.1, 0.15) is 29.7 Å². The van der Waals surface area contributed by atoms with Gasteiger partial charge in [-0.3, -0.25) is 18.8 Å². The molecule has 9 nitrogen and oxygen atoms in total. The van der Waals surface area contributed by atoms with Crippen LogP contribution in [0.3, 0.4) is 0 Å². The van der Waals surface area contributed by atoms with Crippen LogP contribution >= 0.6 is 47.2 Å². The van der Waals surface area contributed by atoms with Gasteiger partial charge in [0.05, 0.1) is 22.9 Å². The van der Waals surface area contributed by atoms with E-state index in [4.69, 9.17) is 39.5 Å². The van der Waals surface area contributed by atoms with Crippen molar-refractivity contribution in [3.63, 3.8) is 0 Å². The van der Waals surface area contributed by atoms with E-state index in [1.807, 2.05) is 24.3 Å². The van der Waals surface area contributed by atoms with Gasteiger partial charge in [-0.1, -0.05) is 46.9 Å². The number of nitrogens with zero attached hydrogens (tertiary/aromatic N) is 4. The summed E-state index contributed by atoms with van der Waals surface area (Å²) in [6, 6.07) is 14.2. The first kappa shape index (κ1) is 33.1. The second-order valence-corrected chi connectivity index (χ2v) is 11.1. The molecular formula is C31H29Cl4N5O4. The highest BCUT2D eigenvalue weighted by molar-refractivity contribution is 6.38. The average molecular weight is 677 g/mol. The SMILES string of the molecule is Cc1nc2c(OCc3c(Cl)ccc(N(C)C(=O)CNC(=O)C=Cc4ccc(N5CCCC5=O)cc4)c3Cl)cccn2c1Cl.Cl. The van der Waals surface area contributed by atoms with Crippen molar-refractivity contribution in [3.8, 4) is 5.75 Å². The highest BCUT2D eigenvalue weighted by Crippen LogP contribution is 2.35. The third kappa shape index (κ3) is 7.13. The second kappa shape index (κ2) is 14.3. The van der Waals surface area contributed by atoms with E-state index in [1.54, 1.807) is 59.8 Å². The highest BCUT2D eigenvalue weighted by Gasteiger charge is 2.22. The fourth-order valence-corrected chi connectivity index (χ4v) is 5.48. The lowest BCUT2D eigenvalue weighted by molar-refractivity contribution is -0.122. The largest absolute Gasteiger partial charge is 0.485 e. The number of fused-ring (bicyclic) bond motifs is 1. The molecule has 1 saturated heterocycles. The monoisotopic (exact) mass is 675 g/mol. The minimum atomic E-state index is -0.430. The Morgan fingerprint density at radius 2 is 1.86 bits per heavy atom. The molecule has 230 valence electrons. The second-order valence-electron chi connectivity index (χ2n) is 9.95. The van der Waals surface area contributed by atoms with E-state index in [9.17, 15) is 14.4 Å². The molecule has 1 aliphatic rings. The van der Waals surface area contributed by atoms with Crippen molar-refractivity contribution in [1.29, 1.82) is 0 Å². The summed E-state index contributed by atoms with van der Waals surface area (Å²) in [6.07, 6.45) is 6.20. The van der Waals surface area contributed by atoms with E-state index >= 15 is 0 Å². The maximum Gasteiger partial charge on any atom is 0.246 e. The molecule has 44 heavy (non-hydrogen) atoms. The van der Waals surface area contributed by atoms with Crippen molar-refractivity contribution in [3.05, 3.63) is 92.8 Å². The first-order chi connectivity index (χ1) is 20.6. The van der Waals surface area contributed by atoms with Crippen molar-refractivity contribution >= 4 is 88.0 Å². The number of imidazole rings is 1. The summed E-state index contributed by atoms with van der Waals surface area (Å²) in [6.45, 7) is 2.30. The Bertz CT molecular complexity index is 1740. The molecule has 0 radical (unpaired) electrons. The number of hydrogen-bond donors (Lipinski definition) is 1. The van der Waals surface area contributed by atoms with Gasteiger partial charge in [0.1, 0.15) is 11.8 Å². The summed E-state index contributed by atoms with van der Waals surface area (Å²) in [5.74, 6) is -0.205. The molecule has 13 heteroatoms. The van der Waals surface area contributed by atoms with Crippen molar-refractivity contribution in [2.24, 2.45) is 0 Å². The number of aryl methyl sites for hydroxylation is 1. The van der Waals surface area contributed by atoms with Crippen molar-refractivity contribution in [2.75, 3.05) is 29.9 Å². The minimum absolute atomic E-state index is 0. The number of ether oxygens (including phenoxy) is 1. The van der Waals surface area contributed by atoms with Crippen LogP contribution in [0.4, 0.5) is 11.4 Å². The number of halogens is 4. The third-order valence-corrected chi connectivity index (χ3v) is 8.34. The van der Waals surface area contributed by atoms with E-state index in [0.29, 0.717) is 51.5 Å². The molecule has 0 bridgehead atoms. The fraction of sp³-hybridized carbons (Fsp3) is 0.226. The first-order valence-electron chi connectivity index (χ1n) is 13.5. The van der Waals surface area contributed by atoms with Crippen LogP contribution in [-0.4, -0.2) is 47.2 Å². The fourth-order valence-electron chi connectivity index (χ4n) is 4.70. The van der Waals surface area contributed by atoms with Gasteiger partial charge in [0, 0.05) is 48.6 Å². The predicted octanol–water partition coefficient (Wildman–Crippen LogP) is 6.52. The maximum atomic E-state index is 12.9. The number of benzene rings is 2. The molecule has 1 N–H and O–H groups in total. The molecule has 1 aliphatic heterocycles. The molecule has 0 aliphatic carbocycles. The molecule has 5 rings (SSSR count). The number of rotatable bonds is 9. The predicted molar refractivity (Wildman–Crippen MR) is 176 cm³/mol. The Kier molecular flexibility index (Phi) is 10.8. The quantitative estimate of drug-likeness (QED) is 0.204. The van der Waals surface area contributed by atoms with E-state index in [-0.39, 0.29) is 42.4 Å². The number of anilines is 2. The summed E-state index contributed by atoms with van der Waals surface area (Å²) in [7, 11) is 1.56. The molecule has 3 amide bonds. The van der Waals surface area contributed by atoms with E-state index < -0.39 is 5.91 Å². The van der Waals surface area contributed by atoms with Crippen LogP contribution in [0, 0.1) is 6.92 Å². The molecule has 0 atom stereocenters. The van der Waals surface area contributed by atoms with Crippen LogP contribution in [0.25, 0.3) is 11.7 Å². The molecule has 2 aromatic carbocycles. The number of amides is 3. The maximum absolute atomic E-state index is 12.9. The van der Waals surface area contributed by atoms with Gasteiger partial charge in [-0.2, -0.15) is 0 Å². The van der Waals surface area contributed by atoms with Gasteiger partial charge in [0.25, 0.3) is 0 Å². The normalized spacial score (nSPS) is 12.9. The summed E-state index contributed by atoms with van der Waals surface area (Å²) in [5, 5.41) is 3.71. The molecule has 3 heterocycles. The van der Waals surface area contributed by atoms with Gasteiger partial charge in [0.15, 0.2) is 11.4 Å². The Hall–Kier alpha value is -3.76. The number of nitrogens with one attached hydrogen (secondary N) is 1. The summed E-state index contributed by atoms with van der Waals surface area (Å²) in [5.41, 5.74) is 3.75. The summed E-state index contributed by atoms with van der Waals surface area (Å²) in [4.78, 5) is 44.8. The standard InChI is InChI=1S/C31H28Cl3N5O4.ClH/c1-19-30(34)39-16-3-5-25(31(39)36-19)43-18-22-23(32)12-13-24(29(22)33)37(2)28(42)17-35-26(40)14-9-20-7-10-21(11-8-20)38-15-4-6-27(38)41;/h3,5,7-14,16H,4,6,15,17-18H2,1-2H3,(H,35,40);1H. The number of aromatic nitrogens is 2. The molecule has 4 aromatic rings. The molecular weight excluding hydrogens is 648 g/mol.